The second-order valence-electron chi connectivity index (χ2n) is 9.00. The molecule has 1 aliphatic rings. The van der Waals surface area contributed by atoms with Crippen LogP contribution in [0.3, 0.4) is 0 Å². The van der Waals surface area contributed by atoms with Gasteiger partial charge in [-0.2, -0.15) is 0 Å². The average molecular weight is 430 g/mol. The van der Waals surface area contributed by atoms with Gasteiger partial charge in [-0.1, -0.05) is 91.0 Å². The Balaban J connectivity index is 1.21. The zero-order chi connectivity index (χ0) is 22.0. The van der Waals surface area contributed by atoms with Gasteiger partial charge in [0.1, 0.15) is 0 Å². The van der Waals surface area contributed by atoms with E-state index in [1.807, 2.05) is 12.1 Å². The molecule has 4 rings (SSSR count). The number of piperidine rings is 1. The van der Waals surface area contributed by atoms with Gasteiger partial charge in [0.15, 0.2) is 0 Å². The number of rotatable bonds is 10. The van der Waals surface area contributed by atoms with E-state index in [4.69, 9.17) is 4.74 Å². The first-order valence-electron chi connectivity index (χ1n) is 11.9. The maximum atomic E-state index is 10.6. The first-order chi connectivity index (χ1) is 15.8. The summed E-state index contributed by atoms with van der Waals surface area (Å²) in [6.45, 7) is 3.76. The summed E-state index contributed by atoms with van der Waals surface area (Å²) in [6.07, 6.45) is 3.12. The molecule has 3 nitrogen and oxygen atoms in total. The Morgan fingerprint density at radius 2 is 1.28 bits per heavy atom. The van der Waals surface area contributed by atoms with Crippen LogP contribution in [-0.4, -0.2) is 49.0 Å². The van der Waals surface area contributed by atoms with Crippen molar-refractivity contribution in [3.05, 3.63) is 108 Å². The van der Waals surface area contributed by atoms with Crippen molar-refractivity contribution in [2.45, 2.75) is 31.3 Å². The van der Waals surface area contributed by atoms with Gasteiger partial charge in [-0.25, -0.2) is 0 Å². The molecule has 1 atom stereocenters. The number of likely N-dealkylation sites (tertiary alicyclic amines) is 1. The second-order valence-corrected chi connectivity index (χ2v) is 9.00. The first-order valence-corrected chi connectivity index (χ1v) is 11.9. The quantitative estimate of drug-likeness (QED) is 0.484. The van der Waals surface area contributed by atoms with E-state index in [-0.39, 0.29) is 5.92 Å². The van der Waals surface area contributed by atoms with Crippen LogP contribution in [0.25, 0.3) is 0 Å². The second kappa shape index (κ2) is 12.0. The van der Waals surface area contributed by atoms with E-state index in [1.165, 1.54) is 36.0 Å². The summed E-state index contributed by atoms with van der Waals surface area (Å²) in [4.78, 5) is 2.39. The van der Waals surface area contributed by atoms with Crippen LogP contribution in [0.15, 0.2) is 91.0 Å². The van der Waals surface area contributed by atoms with Crippen molar-refractivity contribution in [3.8, 4) is 0 Å². The molecule has 0 aliphatic carbocycles. The van der Waals surface area contributed by atoms with Crippen molar-refractivity contribution in [1.82, 2.24) is 4.90 Å². The summed E-state index contributed by atoms with van der Waals surface area (Å²) < 4.78 is 6.03. The molecule has 3 aromatic carbocycles. The van der Waals surface area contributed by atoms with Crippen LogP contribution < -0.4 is 0 Å². The van der Waals surface area contributed by atoms with E-state index < -0.39 is 6.10 Å². The fourth-order valence-electron chi connectivity index (χ4n) is 4.75. The van der Waals surface area contributed by atoms with Crippen LogP contribution in [0.5, 0.6) is 0 Å². The largest absolute Gasteiger partial charge is 0.389 e. The molecular formula is C29H35NO2. The molecule has 1 aliphatic heterocycles. The van der Waals surface area contributed by atoms with Crippen molar-refractivity contribution < 1.29 is 9.84 Å². The van der Waals surface area contributed by atoms with E-state index >= 15 is 0 Å². The van der Waals surface area contributed by atoms with Crippen molar-refractivity contribution in [1.29, 1.82) is 0 Å². The van der Waals surface area contributed by atoms with Crippen molar-refractivity contribution in [2.24, 2.45) is 5.92 Å². The van der Waals surface area contributed by atoms with Gasteiger partial charge in [0.25, 0.3) is 0 Å². The van der Waals surface area contributed by atoms with Crippen LogP contribution in [0.4, 0.5) is 0 Å². The third-order valence-electron chi connectivity index (χ3n) is 6.54. The lowest BCUT2D eigenvalue weighted by Gasteiger charge is -2.33. The minimum atomic E-state index is -0.451. The standard InChI is InChI=1S/C29H35NO2/c31-28(21-30-18-16-25(17-19-30)20-24-10-4-1-5-11-24)22-32-23-29(26-12-6-2-7-13-26)27-14-8-3-9-15-27/h1-15,25,28-29,31H,16-23H2. The minimum absolute atomic E-state index is 0.179. The molecule has 32 heavy (non-hydrogen) atoms. The lowest BCUT2D eigenvalue weighted by Crippen LogP contribution is -2.40. The van der Waals surface area contributed by atoms with Gasteiger partial charge < -0.3 is 14.7 Å². The monoisotopic (exact) mass is 429 g/mol. The van der Waals surface area contributed by atoms with Crippen LogP contribution in [-0.2, 0) is 11.2 Å². The molecule has 0 amide bonds. The normalized spacial score (nSPS) is 16.3. The van der Waals surface area contributed by atoms with E-state index in [0.29, 0.717) is 19.8 Å². The number of hydrogen-bond donors (Lipinski definition) is 1. The molecule has 1 unspecified atom stereocenters. The zero-order valence-corrected chi connectivity index (χ0v) is 18.9. The summed E-state index contributed by atoms with van der Waals surface area (Å²) in [5.74, 6) is 0.929. The molecule has 0 aromatic heterocycles. The van der Waals surface area contributed by atoms with E-state index in [9.17, 15) is 5.11 Å². The Kier molecular flexibility index (Phi) is 8.49. The molecule has 1 N–H and O–H groups in total. The minimum Gasteiger partial charge on any atom is -0.389 e. The highest BCUT2D eigenvalue weighted by atomic mass is 16.5. The van der Waals surface area contributed by atoms with E-state index in [1.54, 1.807) is 0 Å². The van der Waals surface area contributed by atoms with Gasteiger partial charge in [0.2, 0.25) is 0 Å². The number of aliphatic hydroxyl groups is 1. The van der Waals surface area contributed by atoms with Crippen LogP contribution >= 0.6 is 0 Å². The molecule has 1 fully saturated rings. The Labute approximate surface area is 192 Å². The molecule has 1 heterocycles. The fourth-order valence-corrected chi connectivity index (χ4v) is 4.75. The van der Waals surface area contributed by atoms with Crippen molar-refractivity contribution in [2.75, 3.05) is 32.8 Å². The maximum Gasteiger partial charge on any atom is 0.0900 e. The van der Waals surface area contributed by atoms with Gasteiger partial charge in [-0.05, 0) is 55.0 Å². The highest BCUT2D eigenvalue weighted by Crippen LogP contribution is 2.25. The van der Waals surface area contributed by atoms with Gasteiger partial charge in [-0.3, -0.25) is 0 Å². The molecule has 1 saturated heterocycles. The molecule has 168 valence electrons. The molecule has 0 bridgehead atoms. The third-order valence-corrected chi connectivity index (χ3v) is 6.54. The van der Waals surface area contributed by atoms with E-state index in [2.05, 4.69) is 83.8 Å². The molecule has 3 aromatic rings. The summed E-state index contributed by atoms with van der Waals surface area (Å²) in [7, 11) is 0. The van der Waals surface area contributed by atoms with Crippen LogP contribution in [0.1, 0.15) is 35.4 Å². The van der Waals surface area contributed by atoms with Gasteiger partial charge in [0.05, 0.1) is 19.3 Å². The summed E-state index contributed by atoms with van der Waals surface area (Å²) in [6, 6.07) is 31.8. The predicted octanol–water partition coefficient (Wildman–Crippen LogP) is 5.15. The van der Waals surface area contributed by atoms with Crippen LogP contribution in [0, 0.1) is 5.92 Å². The average Bonchev–Trinajstić information content (AvgIpc) is 2.85. The number of hydrogen-bond acceptors (Lipinski definition) is 3. The predicted molar refractivity (Wildman–Crippen MR) is 131 cm³/mol. The van der Waals surface area contributed by atoms with Crippen molar-refractivity contribution >= 4 is 0 Å². The smallest absolute Gasteiger partial charge is 0.0900 e. The topological polar surface area (TPSA) is 32.7 Å². The van der Waals surface area contributed by atoms with Gasteiger partial charge >= 0.3 is 0 Å². The molecule has 0 spiro atoms. The van der Waals surface area contributed by atoms with Crippen molar-refractivity contribution in [3.63, 3.8) is 0 Å². The molecular weight excluding hydrogens is 394 g/mol. The third kappa shape index (κ3) is 6.77. The molecule has 3 heteroatoms. The number of aliphatic hydroxyl groups excluding tert-OH is 1. The number of benzene rings is 3. The summed E-state index contributed by atoms with van der Waals surface area (Å²) in [5.41, 5.74) is 3.92. The number of β-amino-alcohol motifs (C(OH)–C–C–N with tert-alkyl or cyclic N) is 1. The Bertz CT molecular complexity index is 853. The zero-order valence-electron chi connectivity index (χ0n) is 18.9. The summed E-state index contributed by atoms with van der Waals surface area (Å²) in [5, 5.41) is 10.6. The number of nitrogens with zero attached hydrogens (tertiary/aromatic N) is 1. The maximum absolute atomic E-state index is 10.6. The summed E-state index contributed by atoms with van der Waals surface area (Å²) >= 11 is 0. The van der Waals surface area contributed by atoms with E-state index in [0.717, 1.165) is 19.0 Å². The highest BCUT2D eigenvalue weighted by molar-refractivity contribution is 5.32. The fraction of sp³-hybridized carbons (Fsp3) is 0.379. The lowest BCUT2D eigenvalue weighted by molar-refractivity contribution is 0.00863. The molecule has 0 saturated carbocycles. The Hall–Kier alpha value is -2.46. The number of ether oxygens (including phenoxy) is 1. The molecule has 0 radical (unpaired) electrons. The Morgan fingerprint density at radius 3 is 1.84 bits per heavy atom. The van der Waals surface area contributed by atoms with Gasteiger partial charge in [0, 0.05) is 12.5 Å². The first kappa shape index (κ1) is 22.7. The van der Waals surface area contributed by atoms with Gasteiger partial charge in [-0.15, -0.1) is 0 Å². The highest BCUT2D eigenvalue weighted by Gasteiger charge is 2.22. The SMILES string of the molecule is OC(COCC(c1ccccc1)c1ccccc1)CN1CCC(Cc2ccccc2)CC1. The van der Waals surface area contributed by atoms with Crippen LogP contribution in [0.2, 0.25) is 0 Å². The Morgan fingerprint density at radius 1 is 0.750 bits per heavy atom. The lowest BCUT2D eigenvalue weighted by atomic mass is 9.90.